The highest BCUT2D eigenvalue weighted by atomic mass is 17.2. The van der Waals surface area contributed by atoms with E-state index in [4.69, 9.17) is 14.5 Å². The molecule has 2 rings (SSSR count). The molecule has 0 aliphatic carbocycles. The Labute approximate surface area is 202 Å². The van der Waals surface area contributed by atoms with Crippen LogP contribution in [0.5, 0.6) is 0 Å². The molecule has 0 aliphatic heterocycles. The third-order valence-corrected chi connectivity index (χ3v) is 5.02. The number of ether oxygens (including phenoxy) is 1. The van der Waals surface area contributed by atoms with Crippen LogP contribution in [0, 0.1) is 0 Å². The fourth-order valence-corrected chi connectivity index (χ4v) is 3.36. The Morgan fingerprint density at radius 3 is 1.71 bits per heavy atom. The zero-order valence-corrected chi connectivity index (χ0v) is 19.5. The molecule has 35 heavy (non-hydrogen) atoms. The predicted octanol–water partition coefficient (Wildman–Crippen LogP) is 3.64. The molecule has 3 N–H and O–H groups in total. The van der Waals surface area contributed by atoms with Crippen LogP contribution in [-0.4, -0.2) is 52.1 Å². The summed E-state index contributed by atoms with van der Waals surface area (Å²) in [6.07, 6.45) is 0.521. The second kappa shape index (κ2) is 13.2. The average molecular weight is 488 g/mol. The summed E-state index contributed by atoms with van der Waals surface area (Å²) in [6, 6.07) is 7.95. The third-order valence-electron chi connectivity index (χ3n) is 5.02. The zero-order valence-electron chi connectivity index (χ0n) is 19.5. The molecule has 1 atom stereocenters. The number of aliphatic hydroxyl groups is 1. The van der Waals surface area contributed by atoms with Crippen molar-refractivity contribution in [3.63, 3.8) is 0 Å². The van der Waals surface area contributed by atoms with Gasteiger partial charge in [-0.15, -0.1) is 4.89 Å². The number of aliphatic hydroxyl groups excluding tert-OH is 1. The van der Waals surface area contributed by atoms with Crippen LogP contribution in [0.4, 0.5) is 0 Å². The largest absolute Gasteiger partial charge is 0.478 e. The first-order chi connectivity index (χ1) is 16.7. The topological polar surface area (TPSA) is 157 Å². The molecule has 0 saturated heterocycles. The molecule has 0 aromatic heterocycles. The van der Waals surface area contributed by atoms with Crippen molar-refractivity contribution in [3.8, 4) is 0 Å². The highest BCUT2D eigenvalue weighted by Crippen LogP contribution is 2.19. The summed E-state index contributed by atoms with van der Waals surface area (Å²) < 4.78 is 5.26. The number of aryl methyl sites for hydroxylation is 2. The van der Waals surface area contributed by atoms with Crippen LogP contribution < -0.4 is 0 Å². The van der Waals surface area contributed by atoms with Crippen molar-refractivity contribution in [2.75, 3.05) is 6.61 Å². The quantitative estimate of drug-likeness (QED) is 0.165. The van der Waals surface area contributed by atoms with Crippen molar-refractivity contribution in [3.05, 3.63) is 69.8 Å². The zero-order chi connectivity index (χ0) is 26.0. The second-order valence-corrected chi connectivity index (χ2v) is 7.67. The molecule has 0 spiro atoms. The molecule has 0 saturated carbocycles. The molecule has 2 aromatic rings. The Hall–Kier alpha value is -3.76. The third kappa shape index (κ3) is 7.62. The Bertz CT molecular complexity index is 1080. The molecule has 10 heteroatoms. The van der Waals surface area contributed by atoms with Gasteiger partial charge >= 0.3 is 23.9 Å². The van der Waals surface area contributed by atoms with Gasteiger partial charge in [0.25, 0.3) is 0 Å². The molecule has 188 valence electrons. The number of aromatic carboxylic acids is 2. The smallest absolute Gasteiger partial charge is 0.373 e. The van der Waals surface area contributed by atoms with E-state index in [9.17, 15) is 34.5 Å². The van der Waals surface area contributed by atoms with Crippen molar-refractivity contribution >= 4 is 23.9 Å². The first-order valence-corrected chi connectivity index (χ1v) is 11.1. The standard InChI is InChI=1S/C25H28O10/c1-3-5-15-13-17(22(27)28)7-9-19(15)24(31)33-21(11-12-26)34-35-25(32)20-10-8-18(23(29)30)14-16(20)6-4-2/h7-10,13-14,21,26H,3-6,11-12H2,1-2H3,(H,27,28)(H,29,30). The summed E-state index contributed by atoms with van der Waals surface area (Å²) >= 11 is 0. The maximum Gasteiger partial charge on any atom is 0.373 e. The highest BCUT2D eigenvalue weighted by Gasteiger charge is 2.23. The van der Waals surface area contributed by atoms with Gasteiger partial charge in [0.15, 0.2) is 0 Å². The number of rotatable bonds is 13. The van der Waals surface area contributed by atoms with Crippen molar-refractivity contribution in [2.24, 2.45) is 0 Å². The number of esters is 1. The van der Waals surface area contributed by atoms with E-state index in [1.54, 1.807) is 0 Å². The van der Waals surface area contributed by atoms with E-state index in [1.807, 2.05) is 13.8 Å². The monoisotopic (exact) mass is 488 g/mol. The summed E-state index contributed by atoms with van der Waals surface area (Å²) in [5, 5.41) is 27.7. The van der Waals surface area contributed by atoms with E-state index in [0.29, 0.717) is 36.8 Å². The average Bonchev–Trinajstić information content (AvgIpc) is 2.82. The lowest BCUT2D eigenvalue weighted by molar-refractivity contribution is -0.328. The summed E-state index contributed by atoms with van der Waals surface area (Å²) in [6.45, 7) is 3.30. The first kappa shape index (κ1) is 27.5. The summed E-state index contributed by atoms with van der Waals surface area (Å²) in [4.78, 5) is 57.6. The molecule has 0 fully saturated rings. The van der Waals surface area contributed by atoms with Gasteiger partial charge in [0.05, 0.1) is 22.3 Å². The minimum absolute atomic E-state index is 0.0230. The van der Waals surface area contributed by atoms with Crippen LogP contribution >= 0.6 is 0 Å². The summed E-state index contributed by atoms with van der Waals surface area (Å²) in [5.74, 6) is -4.01. The van der Waals surface area contributed by atoms with Crippen molar-refractivity contribution in [2.45, 2.75) is 52.2 Å². The minimum Gasteiger partial charge on any atom is -0.478 e. The van der Waals surface area contributed by atoms with E-state index >= 15 is 0 Å². The minimum atomic E-state index is -1.43. The van der Waals surface area contributed by atoms with Gasteiger partial charge in [-0.3, -0.25) is 4.89 Å². The Morgan fingerprint density at radius 2 is 1.29 bits per heavy atom. The van der Waals surface area contributed by atoms with E-state index in [0.717, 1.165) is 0 Å². The Morgan fingerprint density at radius 1 is 0.800 bits per heavy atom. The van der Waals surface area contributed by atoms with Crippen LogP contribution in [0.15, 0.2) is 36.4 Å². The van der Waals surface area contributed by atoms with Gasteiger partial charge in [-0.2, -0.15) is 0 Å². The summed E-state index contributed by atoms with van der Waals surface area (Å²) in [5.41, 5.74) is 1.21. The van der Waals surface area contributed by atoms with Crippen LogP contribution in [0.3, 0.4) is 0 Å². The number of carboxylic acid groups (broad SMARTS) is 2. The molecule has 0 amide bonds. The number of carbonyl (C=O) groups is 4. The van der Waals surface area contributed by atoms with Crippen LogP contribution in [-0.2, 0) is 27.4 Å². The number of hydrogen-bond acceptors (Lipinski definition) is 8. The van der Waals surface area contributed by atoms with Crippen molar-refractivity contribution in [1.29, 1.82) is 0 Å². The molecule has 0 radical (unpaired) electrons. The molecular formula is C25H28O10. The fraction of sp³-hybridized carbons (Fsp3) is 0.360. The molecule has 10 nitrogen and oxygen atoms in total. The molecular weight excluding hydrogens is 460 g/mol. The Balaban J connectivity index is 2.16. The lowest BCUT2D eigenvalue weighted by atomic mass is 10.00. The Kier molecular flexibility index (Phi) is 10.4. The van der Waals surface area contributed by atoms with Crippen molar-refractivity contribution in [1.82, 2.24) is 0 Å². The van der Waals surface area contributed by atoms with Gasteiger partial charge < -0.3 is 20.1 Å². The van der Waals surface area contributed by atoms with Crippen LogP contribution in [0.25, 0.3) is 0 Å². The van der Waals surface area contributed by atoms with E-state index in [1.165, 1.54) is 36.4 Å². The number of carbonyl (C=O) groups excluding carboxylic acids is 2. The number of hydrogen-bond donors (Lipinski definition) is 3. The molecule has 0 heterocycles. The van der Waals surface area contributed by atoms with E-state index in [-0.39, 0.29) is 28.7 Å². The number of benzene rings is 2. The highest BCUT2D eigenvalue weighted by molar-refractivity contribution is 5.95. The molecule has 0 aliphatic rings. The van der Waals surface area contributed by atoms with Gasteiger partial charge in [-0.1, -0.05) is 26.7 Å². The maximum absolute atomic E-state index is 12.7. The van der Waals surface area contributed by atoms with Crippen LogP contribution in [0.1, 0.15) is 85.7 Å². The molecule has 2 aromatic carbocycles. The molecule has 0 bridgehead atoms. The fourth-order valence-electron chi connectivity index (χ4n) is 3.36. The second-order valence-electron chi connectivity index (χ2n) is 7.67. The van der Waals surface area contributed by atoms with E-state index in [2.05, 4.69) is 0 Å². The normalized spacial score (nSPS) is 11.5. The van der Waals surface area contributed by atoms with E-state index < -0.39 is 36.8 Å². The number of carboxylic acids is 2. The predicted molar refractivity (Wildman–Crippen MR) is 122 cm³/mol. The van der Waals surface area contributed by atoms with Gasteiger partial charge in [0.1, 0.15) is 0 Å². The first-order valence-electron chi connectivity index (χ1n) is 11.1. The van der Waals surface area contributed by atoms with Gasteiger partial charge in [0, 0.05) is 13.0 Å². The summed E-state index contributed by atoms with van der Waals surface area (Å²) in [7, 11) is 0. The van der Waals surface area contributed by atoms with Gasteiger partial charge in [-0.25, -0.2) is 19.2 Å². The van der Waals surface area contributed by atoms with Gasteiger partial charge in [0.2, 0.25) is 6.29 Å². The molecule has 1 unspecified atom stereocenters. The lowest BCUT2D eigenvalue weighted by Crippen LogP contribution is -2.25. The maximum atomic E-state index is 12.7. The van der Waals surface area contributed by atoms with Gasteiger partial charge in [-0.05, 0) is 60.4 Å². The SMILES string of the molecule is CCCc1cc(C(=O)O)ccc1C(=O)OOC(CCO)OC(=O)c1ccc(C(=O)O)cc1CCC. The lowest BCUT2D eigenvalue weighted by Gasteiger charge is -2.17. The van der Waals surface area contributed by atoms with Crippen LogP contribution in [0.2, 0.25) is 0 Å². The van der Waals surface area contributed by atoms with Crippen molar-refractivity contribution < 1.29 is 49.0 Å².